The van der Waals surface area contributed by atoms with Gasteiger partial charge >= 0.3 is 0 Å². The zero-order chi connectivity index (χ0) is 23.0. The van der Waals surface area contributed by atoms with Crippen LogP contribution in [0, 0.1) is 12.8 Å². The molecule has 31 heavy (non-hydrogen) atoms. The van der Waals surface area contributed by atoms with Gasteiger partial charge in [-0.05, 0) is 56.9 Å². The summed E-state index contributed by atoms with van der Waals surface area (Å²) in [5.74, 6) is 1.20. The van der Waals surface area contributed by atoms with Gasteiger partial charge in [0.05, 0.1) is 23.3 Å². The van der Waals surface area contributed by atoms with E-state index in [1.165, 1.54) is 6.42 Å². The fourth-order valence-electron chi connectivity index (χ4n) is 3.39. The molecule has 1 amide bonds. The molecule has 3 rings (SSSR count). The van der Waals surface area contributed by atoms with E-state index in [4.69, 9.17) is 10.6 Å². The summed E-state index contributed by atoms with van der Waals surface area (Å²) in [4.78, 5) is 28.4. The molecule has 3 aromatic rings. The summed E-state index contributed by atoms with van der Waals surface area (Å²) in [7, 11) is 2.00. The van der Waals surface area contributed by atoms with E-state index in [9.17, 15) is 4.79 Å². The average molecular weight is 426 g/mol. The van der Waals surface area contributed by atoms with Crippen LogP contribution in [-0.2, 0) is 11.3 Å². The molecule has 2 heterocycles. The van der Waals surface area contributed by atoms with Crippen LogP contribution >= 0.6 is 0 Å². The van der Waals surface area contributed by atoms with Crippen LogP contribution in [0.4, 0.5) is 0 Å². The number of aromatic amines is 1. The normalized spacial score (nSPS) is 12.1. The van der Waals surface area contributed by atoms with Gasteiger partial charge < -0.3 is 10.7 Å². The number of carbonyl (C=O) groups excluding carboxylic acids is 1. The zero-order valence-corrected chi connectivity index (χ0v) is 19.5. The lowest BCUT2D eigenvalue weighted by molar-refractivity contribution is -0.162. The predicted octanol–water partition coefficient (Wildman–Crippen LogP) is 4.26. The zero-order valence-electron chi connectivity index (χ0n) is 19.5. The molecule has 3 N–H and O–H groups in total. The number of H-pyrrole nitrogens is 1. The molecule has 7 nitrogen and oxygen atoms in total. The Morgan fingerprint density at radius 3 is 2.45 bits per heavy atom. The number of benzene rings is 1. The molecule has 1 aromatic carbocycles. The molecule has 0 fully saturated rings. The Labute approximate surface area is 185 Å². The van der Waals surface area contributed by atoms with Crippen molar-refractivity contribution in [2.45, 2.75) is 53.5 Å². The lowest BCUT2D eigenvalue weighted by Crippen LogP contribution is -2.30. The van der Waals surface area contributed by atoms with Crippen LogP contribution in [0.25, 0.3) is 11.0 Å². The summed E-state index contributed by atoms with van der Waals surface area (Å²) < 4.78 is 0. The van der Waals surface area contributed by atoms with E-state index in [0.717, 1.165) is 40.6 Å². The van der Waals surface area contributed by atoms with Crippen molar-refractivity contribution in [1.82, 2.24) is 20.0 Å². The number of aromatic nitrogens is 3. The van der Waals surface area contributed by atoms with Crippen molar-refractivity contribution in [1.29, 1.82) is 0 Å². The van der Waals surface area contributed by atoms with E-state index in [0.29, 0.717) is 18.0 Å². The highest BCUT2D eigenvalue weighted by atomic mass is 16.7. The highest BCUT2D eigenvalue weighted by molar-refractivity contribution is 5.92. The van der Waals surface area contributed by atoms with Gasteiger partial charge in [0.25, 0.3) is 0 Å². The van der Waals surface area contributed by atoms with E-state index < -0.39 is 5.91 Å². The summed E-state index contributed by atoms with van der Waals surface area (Å²) in [5.41, 5.74) is 9.63. The Balaban J connectivity index is 0.000000267. The van der Waals surface area contributed by atoms with E-state index in [1.807, 2.05) is 44.2 Å². The molecule has 0 aliphatic rings. The van der Waals surface area contributed by atoms with Crippen molar-refractivity contribution < 1.29 is 9.63 Å². The lowest BCUT2D eigenvalue weighted by atomic mass is 10.1. The number of hydrogen-bond acceptors (Lipinski definition) is 5. The number of amides is 1. The first kappa shape index (κ1) is 24.5. The number of hydroxylamine groups is 2. The Morgan fingerprint density at radius 1 is 1.19 bits per heavy atom. The summed E-state index contributed by atoms with van der Waals surface area (Å²) in [6, 6.07) is 9.66. The summed E-state index contributed by atoms with van der Waals surface area (Å²) >= 11 is 0. The SMILES string of the molecule is CCON(C)[C@H](C)CC(C)C.Cc1nc2ccnc(Cc3ccc(C(N)=O)cc3)c2[nH]1. The molecule has 0 saturated carbocycles. The number of primary amides is 1. The second kappa shape index (κ2) is 11.6. The van der Waals surface area contributed by atoms with Crippen LogP contribution < -0.4 is 5.73 Å². The summed E-state index contributed by atoms with van der Waals surface area (Å²) in [6.07, 6.45) is 3.63. The molecule has 0 unspecified atom stereocenters. The predicted molar refractivity (Wildman–Crippen MR) is 125 cm³/mol. The highest BCUT2D eigenvalue weighted by Crippen LogP contribution is 2.17. The number of carbonyl (C=O) groups is 1. The summed E-state index contributed by atoms with van der Waals surface area (Å²) in [5, 5.41) is 1.94. The lowest BCUT2D eigenvalue weighted by Gasteiger charge is -2.24. The molecule has 168 valence electrons. The number of pyridine rings is 1. The molecule has 0 aliphatic carbocycles. The fourth-order valence-corrected chi connectivity index (χ4v) is 3.39. The van der Waals surface area contributed by atoms with Gasteiger partial charge in [0.1, 0.15) is 5.82 Å². The third-order valence-corrected chi connectivity index (χ3v) is 4.98. The number of aryl methyl sites for hydroxylation is 1. The quantitative estimate of drug-likeness (QED) is 0.526. The number of nitrogens with one attached hydrogen (secondary N) is 1. The first-order valence-electron chi connectivity index (χ1n) is 10.8. The first-order valence-corrected chi connectivity index (χ1v) is 10.8. The second-order valence-electron chi connectivity index (χ2n) is 8.15. The smallest absolute Gasteiger partial charge is 0.248 e. The molecule has 0 aliphatic heterocycles. The van der Waals surface area contributed by atoms with Gasteiger partial charge in [-0.1, -0.05) is 26.0 Å². The van der Waals surface area contributed by atoms with Crippen molar-refractivity contribution in [3.05, 3.63) is 59.2 Å². The van der Waals surface area contributed by atoms with Gasteiger partial charge in [-0.15, -0.1) is 0 Å². The third-order valence-electron chi connectivity index (χ3n) is 4.98. The van der Waals surface area contributed by atoms with Crippen LogP contribution in [0.2, 0.25) is 0 Å². The summed E-state index contributed by atoms with van der Waals surface area (Å²) in [6.45, 7) is 11.4. The molecule has 0 spiro atoms. The number of nitrogens with zero attached hydrogens (tertiary/aromatic N) is 3. The van der Waals surface area contributed by atoms with Crippen LogP contribution in [0.3, 0.4) is 0 Å². The third kappa shape index (κ3) is 7.45. The number of imidazole rings is 1. The van der Waals surface area contributed by atoms with Crippen LogP contribution in [-0.4, -0.2) is 45.6 Å². The minimum atomic E-state index is -0.416. The van der Waals surface area contributed by atoms with Crippen molar-refractivity contribution in [3.63, 3.8) is 0 Å². The number of hydrogen-bond donors (Lipinski definition) is 2. The maximum atomic E-state index is 11.0. The fraction of sp³-hybridized carbons (Fsp3) is 0.458. The van der Waals surface area contributed by atoms with Gasteiger partial charge in [0.2, 0.25) is 5.91 Å². The van der Waals surface area contributed by atoms with Crippen molar-refractivity contribution in [2.24, 2.45) is 11.7 Å². The van der Waals surface area contributed by atoms with Crippen LogP contribution in [0.5, 0.6) is 0 Å². The minimum absolute atomic E-state index is 0.416. The van der Waals surface area contributed by atoms with Gasteiger partial charge in [0, 0.05) is 31.3 Å². The van der Waals surface area contributed by atoms with Gasteiger partial charge in [0.15, 0.2) is 0 Å². The minimum Gasteiger partial charge on any atom is -0.366 e. The Hall–Kier alpha value is -2.77. The van der Waals surface area contributed by atoms with E-state index in [2.05, 4.69) is 35.7 Å². The molecule has 0 bridgehead atoms. The standard InChI is InChI=1S/C15H14N4O.C9H21NO/c1-9-18-12-6-7-17-13(14(12)19-9)8-10-2-4-11(5-3-10)15(16)20;1-6-11-10(5)9(4)7-8(2)3/h2-7H,8H2,1H3,(H2,16,20)(H,18,19);8-9H,6-7H2,1-5H3/t;9-/m.1/s1. The number of rotatable bonds is 8. The van der Waals surface area contributed by atoms with Crippen LogP contribution in [0.15, 0.2) is 36.5 Å². The molecule has 2 aromatic heterocycles. The van der Waals surface area contributed by atoms with E-state index in [-0.39, 0.29) is 0 Å². The monoisotopic (exact) mass is 425 g/mol. The molecular formula is C24H35N5O2. The highest BCUT2D eigenvalue weighted by Gasteiger charge is 2.10. The van der Waals surface area contributed by atoms with Crippen molar-refractivity contribution in [2.75, 3.05) is 13.7 Å². The molecule has 0 saturated heterocycles. The number of fused-ring (bicyclic) bond motifs is 1. The molecule has 7 heteroatoms. The maximum absolute atomic E-state index is 11.0. The average Bonchev–Trinajstić information content (AvgIpc) is 3.10. The Kier molecular flexibility index (Phi) is 9.15. The Morgan fingerprint density at radius 2 is 1.87 bits per heavy atom. The van der Waals surface area contributed by atoms with E-state index in [1.54, 1.807) is 18.3 Å². The van der Waals surface area contributed by atoms with Crippen LogP contribution in [0.1, 0.15) is 61.6 Å². The molecule has 0 radical (unpaired) electrons. The van der Waals surface area contributed by atoms with Gasteiger partial charge in [-0.3, -0.25) is 14.6 Å². The van der Waals surface area contributed by atoms with Gasteiger partial charge in [-0.25, -0.2) is 4.98 Å². The molecule has 1 atom stereocenters. The largest absolute Gasteiger partial charge is 0.366 e. The van der Waals surface area contributed by atoms with Crippen molar-refractivity contribution >= 4 is 16.9 Å². The molecular weight excluding hydrogens is 390 g/mol. The topological polar surface area (TPSA) is 97.1 Å². The second-order valence-corrected chi connectivity index (χ2v) is 8.15. The van der Waals surface area contributed by atoms with Crippen molar-refractivity contribution in [3.8, 4) is 0 Å². The first-order chi connectivity index (χ1) is 14.7. The van der Waals surface area contributed by atoms with E-state index >= 15 is 0 Å². The number of nitrogens with two attached hydrogens (primary N) is 1. The van der Waals surface area contributed by atoms with Gasteiger partial charge in [-0.2, -0.15) is 5.06 Å². The maximum Gasteiger partial charge on any atom is 0.248 e. The Bertz CT molecular complexity index is 966.